The highest BCUT2D eigenvalue weighted by molar-refractivity contribution is 5.95. The van der Waals surface area contributed by atoms with Crippen LogP contribution in [-0.4, -0.2) is 10.8 Å². The van der Waals surface area contributed by atoms with Crippen molar-refractivity contribution in [1.82, 2.24) is 4.98 Å². The Kier molecular flexibility index (Phi) is 4.91. The number of nitrogens with zero attached hydrogens (tertiary/aromatic N) is 2. The highest BCUT2D eigenvalue weighted by Crippen LogP contribution is 2.27. The second-order valence-corrected chi connectivity index (χ2v) is 5.60. The number of pyridine rings is 1. The summed E-state index contributed by atoms with van der Waals surface area (Å²) in [4.78, 5) is 8.00. The first-order valence-electron chi connectivity index (χ1n) is 7.19. The van der Waals surface area contributed by atoms with E-state index in [1.165, 1.54) is 42.6 Å². The molecule has 7 heteroatoms. The molecule has 1 aromatic heterocycles. The number of aromatic nitrogens is 1. The van der Waals surface area contributed by atoms with E-state index >= 15 is 0 Å². The maximum atomic E-state index is 13.3. The molecule has 0 aliphatic carbocycles. The van der Waals surface area contributed by atoms with E-state index in [0.717, 1.165) is 13.8 Å². The van der Waals surface area contributed by atoms with Crippen LogP contribution in [0.25, 0.3) is 0 Å². The lowest BCUT2D eigenvalue weighted by Gasteiger charge is -2.11. The largest absolute Gasteiger partial charge is 0.382 e. The van der Waals surface area contributed by atoms with Crippen LogP contribution in [0.5, 0.6) is 0 Å². The first-order chi connectivity index (χ1) is 11.1. The zero-order valence-corrected chi connectivity index (χ0v) is 13.2. The second kappa shape index (κ2) is 6.59. The van der Waals surface area contributed by atoms with Crippen LogP contribution < -0.4 is 5.73 Å². The van der Waals surface area contributed by atoms with E-state index in [2.05, 4.69) is 9.98 Å². The molecule has 1 aromatic carbocycles. The third-order valence-corrected chi connectivity index (χ3v) is 3.42. The minimum absolute atomic E-state index is 0.00555. The van der Waals surface area contributed by atoms with Gasteiger partial charge in [-0.15, -0.1) is 0 Å². The summed E-state index contributed by atoms with van der Waals surface area (Å²) in [5, 5.41) is 0. The van der Waals surface area contributed by atoms with Crippen LogP contribution in [-0.2, 0) is 18.4 Å². The van der Waals surface area contributed by atoms with E-state index < -0.39 is 11.8 Å². The number of benzene rings is 1. The average molecular weight is 339 g/mol. The molecular weight excluding hydrogens is 322 g/mol. The van der Waals surface area contributed by atoms with E-state index in [9.17, 15) is 17.6 Å². The van der Waals surface area contributed by atoms with Crippen LogP contribution in [0, 0.1) is 0 Å². The second-order valence-electron chi connectivity index (χ2n) is 5.60. The molecule has 0 aliphatic rings. The predicted octanol–water partition coefficient (Wildman–Crippen LogP) is 4.21. The molecule has 0 saturated carbocycles. The molecule has 1 heterocycles. The van der Waals surface area contributed by atoms with Gasteiger partial charge in [-0.1, -0.05) is 24.3 Å². The molecule has 0 aliphatic heterocycles. The Morgan fingerprint density at radius 3 is 2.12 bits per heavy atom. The molecule has 0 unspecified atom stereocenters. The van der Waals surface area contributed by atoms with Crippen LogP contribution >= 0.6 is 0 Å². The number of halogens is 4. The van der Waals surface area contributed by atoms with Crippen molar-refractivity contribution in [2.45, 2.75) is 32.2 Å². The van der Waals surface area contributed by atoms with Crippen LogP contribution in [0.15, 0.2) is 47.6 Å². The van der Waals surface area contributed by atoms with E-state index in [4.69, 9.17) is 5.73 Å². The fraction of sp³-hybridized carbons (Fsp3) is 0.294. The van der Waals surface area contributed by atoms with E-state index in [0.29, 0.717) is 5.56 Å². The Balaban J connectivity index is 2.15. The van der Waals surface area contributed by atoms with Gasteiger partial charge in [-0.25, -0.2) is 17.6 Å². The highest BCUT2D eigenvalue weighted by atomic mass is 19.3. The Bertz CT molecular complexity index is 729. The van der Waals surface area contributed by atoms with Gasteiger partial charge in [0.25, 0.3) is 11.8 Å². The average Bonchev–Trinajstić information content (AvgIpc) is 2.51. The maximum Gasteiger partial charge on any atom is 0.270 e. The van der Waals surface area contributed by atoms with Crippen LogP contribution in [0.1, 0.15) is 36.2 Å². The molecule has 2 rings (SSSR count). The summed E-state index contributed by atoms with van der Waals surface area (Å²) in [5.74, 6) is -5.90. The zero-order chi connectivity index (χ0) is 18.0. The normalized spacial score (nSPS) is 13.2. The lowest BCUT2D eigenvalue weighted by Crippen LogP contribution is -2.17. The fourth-order valence-corrected chi connectivity index (χ4v) is 2.00. The van der Waals surface area contributed by atoms with Crippen molar-refractivity contribution < 1.29 is 17.6 Å². The van der Waals surface area contributed by atoms with Gasteiger partial charge >= 0.3 is 0 Å². The Morgan fingerprint density at radius 2 is 1.58 bits per heavy atom. The van der Waals surface area contributed by atoms with Crippen molar-refractivity contribution in [2.75, 3.05) is 0 Å². The van der Waals surface area contributed by atoms with Crippen molar-refractivity contribution in [3.8, 4) is 0 Å². The molecule has 0 fully saturated rings. The number of rotatable bonds is 5. The van der Waals surface area contributed by atoms with E-state index in [1.54, 1.807) is 0 Å². The Hall–Kier alpha value is -2.44. The third kappa shape index (κ3) is 4.53. The smallest absolute Gasteiger partial charge is 0.270 e. The van der Waals surface area contributed by atoms with Crippen LogP contribution in [0.4, 0.5) is 17.6 Å². The molecule has 2 N–H and O–H groups in total. The number of hydrogen-bond donors (Lipinski definition) is 1. The summed E-state index contributed by atoms with van der Waals surface area (Å²) in [6.45, 7) is 1.74. The fourth-order valence-electron chi connectivity index (χ4n) is 2.00. The van der Waals surface area contributed by atoms with E-state index in [1.807, 2.05) is 0 Å². The minimum atomic E-state index is -3.00. The first kappa shape index (κ1) is 17.9. The van der Waals surface area contributed by atoms with Crippen molar-refractivity contribution in [3.05, 3.63) is 65.0 Å². The quantitative estimate of drug-likeness (QED) is 0.504. The van der Waals surface area contributed by atoms with Gasteiger partial charge in [-0.2, -0.15) is 0 Å². The summed E-state index contributed by atoms with van der Waals surface area (Å²) in [6.07, 6.45) is 1.24. The molecule has 0 spiro atoms. The zero-order valence-electron chi connectivity index (χ0n) is 13.2. The standard InChI is InChI=1S/C17H17F4N3/c1-16(18,19)12-5-3-11(4-6-12)10-24-15(22)14-9-13(7-8-23-14)17(2,20)21/h3-9H,10H2,1-2H3,(H2,22,24). The molecule has 0 saturated heterocycles. The van der Waals surface area contributed by atoms with Crippen molar-refractivity contribution in [3.63, 3.8) is 0 Å². The molecule has 2 aromatic rings. The van der Waals surface area contributed by atoms with Gasteiger partial charge < -0.3 is 5.73 Å². The highest BCUT2D eigenvalue weighted by Gasteiger charge is 2.25. The molecular formula is C17H17F4N3. The number of amidine groups is 1. The topological polar surface area (TPSA) is 51.3 Å². The Morgan fingerprint density at radius 1 is 1.00 bits per heavy atom. The SMILES string of the molecule is CC(F)(F)c1ccc(CN=C(N)c2cc(C(C)(F)F)ccn2)cc1. The molecule has 128 valence electrons. The van der Waals surface area contributed by atoms with Gasteiger partial charge in [0.15, 0.2) is 0 Å². The number of alkyl halides is 4. The van der Waals surface area contributed by atoms with E-state index in [-0.39, 0.29) is 29.2 Å². The maximum absolute atomic E-state index is 13.3. The van der Waals surface area contributed by atoms with Crippen molar-refractivity contribution >= 4 is 5.84 Å². The molecule has 0 atom stereocenters. The van der Waals surface area contributed by atoms with Gasteiger partial charge in [0.2, 0.25) is 0 Å². The van der Waals surface area contributed by atoms with Crippen LogP contribution in [0.2, 0.25) is 0 Å². The first-order valence-corrected chi connectivity index (χ1v) is 7.19. The predicted molar refractivity (Wildman–Crippen MR) is 84.2 cm³/mol. The molecule has 0 radical (unpaired) electrons. The summed E-state index contributed by atoms with van der Waals surface area (Å²) in [6, 6.07) is 8.07. The number of hydrogen-bond acceptors (Lipinski definition) is 2. The van der Waals surface area contributed by atoms with Crippen LogP contribution in [0.3, 0.4) is 0 Å². The van der Waals surface area contributed by atoms with Gasteiger partial charge in [0.05, 0.1) is 6.54 Å². The number of nitrogens with two attached hydrogens (primary N) is 1. The van der Waals surface area contributed by atoms with Gasteiger partial charge in [-0.3, -0.25) is 9.98 Å². The molecule has 3 nitrogen and oxygen atoms in total. The Labute approximate surface area is 137 Å². The summed E-state index contributed by atoms with van der Waals surface area (Å²) in [7, 11) is 0. The van der Waals surface area contributed by atoms with Gasteiger partial charge in [0, 0.05) is 31.2 Å². The van der Waals surface area contributed by atoms with Crippen molar-refractivity contribution in [2.24, 2.45) is 10.7 Å². The molecule has 0 bridgehead atoms. The van der Waals surface area contributed by atoms with Crippen molar-refractivity contribution in [1.29, 1.82) is 0 Å². The molecule has 24 heavy (non-hydrogen) atoms. The minimum Gasteiger partial charge on any atom is -0.382 e. The lowest BCUT2D eigenvalue weighted by molar-refractivity contribution is 0.0167. The number of aliphatic imine (C=N–C) groups is 1. The summed E-state index contributed by atoms with van der Waals surface area (Å²) >= 11 is 0. The monoisotopic (exact) mass is 339 g/mol. The molecule has 0 amide bonds. The summed E-state index contributed by atoms with van der Waals surface area (Å²) in [5.41, 5.74) is 6.29. The van der Waals surface area contributed by atoms with Gasteiger partial charge in [0.1, 0.15) is 11.5 Å². The third-order valence-electron chi connectivity index (χ3n) is 3.42. The lowest BCUT2D eigenvalue weighted by atomic mass is 10.1. The van der Waals surface area contributed by atoms with Gasteiger partial charge in [-0.05, 0) is 17.7 Å². The summed E-state index contributed by atoms with van der Waals surface area (Å²) < 4.78 is 52.9.